The summed E-state index contributed by atoms with van der Waals surface area (Å²) in [4.78, 5) is 11.0. The molecule has 0 saturated carbocycles. The van der Waals surface area contributed by atoms with Gasteiger partial charge in [-0.15, -0.1) is 0 Å². The van der Waals surface area contributed by atoms with Crippen LogP contribution in [0.1, 0.15) is 5.56 Å². The fourth-order valence-corrected chi connectivity index (χ4v) is 0.968. The van der Waals surface area contributed by atoms with E-state index < -0.39 is 0 Å². The molecule has 0 aliphatic carbocycles. The molecule has 3 nitrogen and oxygen atoms in total. The maximum Gasteiger partial charge on any atom is 0.244 e. The Bertz CT molecular complexity index is 421. The van der Waals surface area contributed by atoms with E-state index in [1.165, 1.54) is 24.3 Å². The number of hydrogen-bond acceptors (Lipinski definition) is 2. The third-order valence-electron chi connectivity index (χ3n) is 1.62. The maximum atomic E-state index is 12.7. The predicted molar refractivity (Wildman–Crippen MR) is 54.1 cm³/mol. The van der Waals surface area contributed by atoms with E-state index >= 15 is 0 Å². The van der Waals surface area contributed by atoms with Gasteiger partial charge in [0.25, 0.3) is 0 Å². The highest BCUT2D eigenvalue weighted by Crippen LogP contribution is 2.04. The number of rotatable bonds is 3. The number of amides is 1. The third kappa shape index (κ3) is 4.05. The molecule has 0 aromatic heterocycles. The highest BCUT2D eigenvalue weighted by molar-refractivity contribution is 5.91. The van der Waals surface area contributed by atoms with Gasteiger partial charge in [0.15, 0.2) is 0 Å². The number of benzene rings is 1. The lowest BCUT2D eigenvalue weighted by atomic mass is 10.2. The van der Waals surface area contributed by atoms with E-state index in [0.717, 1.165) is 0 Å². The van der Waals surface area contributed by atoms with Crippen LogP contribution < -0.4 is 5.32 Å². The Morgan fingerprint density at radius 3 is 3.07 bits per heavy atom. The second-order valence-corrected chi connectivity index (χ2v) is 2.76. The molecule has 0 fully saturated rings. The Labute approximate surface area is 86.8 Å². The number of carbonyl (C=O) groups excluding carboxylic acids is 1. The van der Waals surface area contributed by atoms with E-state index in [1.807, 2.05) is 0 Å². The van der Waals surface area contributed by atoms with Crippen molar-refractivity contribution in [1.29, 1.82) is 5.26 Å². The van der Waals surface area contributed by atoms with Crippen LogP contribution in [0, 0.1) is 17.1 Å². The first-order valence-electron chi connectivity index (χ1n) is 4.31. The number of halogens is 1. The standard InChI is InChI=1S/C11H9FN2O/c12-10-3-1-2-9(8-10)4-5-11(15)14-7-6-13/h1-5,8H,7H2,(H,14,15). The Balaban J connectivity index is 2.58. The summed E-state index contributed by atoms with van der Waals surface area (Å²) in [7, 11) is 0. The van der Waals surface area contributed by atoms with Gasteiger partial charge >= 0.3 is 0 Å². The molecule has 0 heterocycles. The summed E-state index contributed by atoms with van der Waals surface area (Å²) >= 11 is 0. The lowest BCUT2D eigenvalue weighted by Gasteiger charge is -1.94. The van der Waals surface area contributed by atoms with Crippen molar-refractivity contribution < 1.29 is 9.18 Å². The number of carbonyl (C=O) groups is 1. The molecule has 4 heteroatoms. The van der Waals surface area contributed by atoms with Crippen LogP contribution in [0.5, 0.6) is 0 Å². The van der Waals surface area contributed by atoms with Crippen molar-refractivity contribution in [3.05, 3.63) is 41.7 Å². The molecule has 1 amide bonds. The van der Waals surface area contributed by atoms with E-state index in [1.54, 1.807) is 18.2 Å². The van der Waals surface area contributed by atoms with Gasteiger partial charge in [-0.25, -0.2) is 4.39 Å². The molecule has 1 aromatic rings. The van der Waals surface area contributed by atoms with Gasteiger partial charge < -0.3 is 5.32 Å². The molecule has 0 atom stereocenters. The normalized spacial score (nSPS) is 9.87. The van der Waals surface area contributed by atoms with Crippen molar-refractivity contribution in [2.75, 3.05) is 6.54 Å². The fourth-order valence-electron chi connectivity index (χ4n) is 0.968. The van der Waals surface area contributed by atoms with Gasteiger partial charge in [0, 0.05) is 6.08 Å². The van der Waals surface area contributed by atoms with Gasteiger partial charge in [0.05, 0.1) is 6.07 Å². The highest BCUT2D eigenvalue weighted by atomic mass is 19.1. The average Bonchev–Trinajstić information content (AvgIpc) is 2.23. The minimum atomic E-state index is -0.374. The van der Waals surface area contributed by atoms with Crippen LogP contribution in [0.25, 0.3) is 6.08 Å². The molecule has 0 aliphatic heterocycles. The summed E-state index contributed by atoms with van der Waals surface area (Å²) in [6, 6.07) is 7.66. The minimum absolute atomic E-state index is 0.0354. The molecule has 15 heavy (non-hydrogen) atoms. The summed E-state index contributed by atoms with van der Waals surface area (Å²) in [6.45, 7) is -0.0354. The van der Waals surface area contributed by atoms with Crippen LogP contribution in [0.15, 0.2) is 30.3 Å². The SMILES string of the molecule is N#CCNC(=O)C=Cc1cccc(F)c1. The summed E-state index contributed by atoms with van der Waals surface area (Å²) in [5.74, 6) is -0.726. The van der Waals surface area contributed by atoms with Crippen molar-refractivity contribution in [1.82, 2.24) is 5.32 Å². The Kier molecular flexibility index (Phi) is 4.05. The number of nitriles is 1. The maximum absolute atomic E-state index is 12.7. The van der Waals surface area contributed by atoms with Crippen LogP contribution in [0.2, 0.25) is 0 Å². The number of hydrogen-bond donors (Lipinski definition) is 1. The van der Waals surface area contributed by atoms with Gasteiger partial charge in [0.2, 0.25) is 5.91 Å². The van der Waals surface area contributed by atoms with Gasteiger partial charge in [0.1, 0.15) is 12.4 Å². The summed E-state index contributed by atoms with van der Waals surface area (Å²) in [5, 5.41) is 10.5. The first-order valence-corrected chi connectivity index (χ1v) is 4.31. The average molecular weight is 204 g/mol. The fraction of sp³-hybridized carbons (Fsp3) is 0.0909. The zero-order valence-corrected chi connectivity index (χ0v) is 7.90. The predicted octanol–water partition coefficient (Wildman–Crippen LogP) is 1.48. The number of nitrogens with one attached hydrogen (secondary N) is 1. The summed E-state index contributed by atoms with van der Waals surface area (Å²) in [6.07, 6.45) is 2.74. The van der Waals surface area contributed by atoms with Crippen molar-refractivity contribution in [2.45, 2.75) is 0 Å². The lowest BCUT2D eigenvalue weighted by molar-refractivity contribution is -0.116. The second-order valence-electron chi connectivity index (χ2n) is 2.76. The van der Waals surface area contributed by atoms with E-state index in [-0.39, 0.29) is 18.3 Å². The first kappa shape index (κ1) is 10.9. The molecule has 0 radical (unpaired) electrons. The largest absolute Gasteiger partial charge is 0.339 e. The van der Waals surface area contributed by atoms with Crippen LogP contribution in [-0.4, -0.2) is 12.5 Å². The quantitative estimate of drug-likeness (QED) is 0.599. The van der Waals surface area contributed by atoms with Gasteiger partial charge in [-0.1, -0.05) is 12.1 Å². The molecule has 1 rings (SSSR count). The van der Waals surface area contributed by atoms with Gasteiger partial charge in [-0.05, 0) is 23.8 Å². The van der Waals surface area contributed by atoms with Crippen molar-refractivity contribution in [3.63, 3.8) is 0 Å². The first-order chi connectivity index (χ1) is 7.22. The molecule has 76 valence electrons. The van der Waals surface area contributed by atoms with Crippen molar-refractivity contribution in [3.8, 4) is 6.07 Å². The molecule has 0 unspecified atom stereocenters. The molecule has 1 N–H and O–H groups in total. The Morgan fingerprint density at radius 1 is 1.60 bits per heavy atom. The van der Waals surface area contributed by atoms with E-state index in [0.29, 0.717) is 5.56 Å². The Morgan fingerprint density at radius 2 is 2.40 bits per heavy atom. The smallest absolute Gasteiger partial charge is 0.244 e. The van der Waals surface area contributed by atoms with Gasteiger partial charge in [-0.2, -0.15) is 5.26 Å². The Hall–Kier alpha value is -2.15. The third-order valence-corrected chi connectivity index (χ3v) is 1.62. The van der Waals surface area contributed by atoms with E-state index in [9.17, 15) is 9.18 Å². The van der Waals surface area contributed by atoms with Crippen molar-refractivity contribution >= 4 is 12.0 Å². The molecule has 0 aliphatic rings. The zero-order chi connectivity index (χ0) is 11.1. The zero-order valence-electron chi connectivity index (χ0n) is 7.90. The topological polar surface area (TPSA) is 52.9 Å². The molecular weight excluding hydrogens is 195 g/mol. The van der Waals surface area contributed by atoms with Crippen LogP contribution in [0.3, 0.4) is 0 Å². The molecule has 1 aromatic carbocycles. The summed E-state index contributed by atoms with van der Waals surface area (Å²) in [5.41, 5.74) is 0.599. The van der Waals surface area contributed by atoms with Crippen LogP contribution in [-0.2, 0) is 4.79 Å². The van der Waals surface area contributed by atoms with Gasteiger partial charge in [-0.3, -0.25) is 4.79 Å². The molecule has 0 saturated heterocycles. The summed E-state index contributed by atoms with van der Waals surface area (Å²) < 4.78 is 12.7. The minimum Gasteiger partial charge on any atom is -0.339 e. The lowest BCUT2D eigenvalue weighted by Crippen LogP contribution is -2.20. The van der Waals surface area contributed by atoms with Crippen LogP contribution in [0.4, 0.5) is 4.39 Å². The molecule has 0 spiro atoms. The second kappa shape index (κ2) is 5.55. The molecular formula is C11H9FN2O. The highest BCUT2D eigenvalue weighted by Gasteiger charge is 1.94. The molecule has 0 bridgehead atoms. The number of nitrogens with zero attached hydrogens (tertiary/aromatic N) is 1. The monoisotopic (exact) mass is 204 g/mol. The van der Waals surface area contributed by atoms with Crippen molar-refractivity contribution in [2.24, 2.45) is 0 Å². The van der Waals surface area contributed by atoms with E-state index in [2.05, 4.69) is 5.32 Å². The van der Waals surface area contributed by atoms with E-state index in [4.69, 9.17) is 5.26 Å². The van der Waals surface area contributed by atoms with Crippen LogP contribution >= 0.6 is 0 Å².